The van der Waals surface area contributed by atoms with Crippen LogP contribution in [0.1, 0.15) is 31.2 Å². The monoisotopic (exact) mass is 392 g/mol. The van der Waals surface area contributed by atoms with Crippen LogP contribution in [0.3, 0.4) is 0 Å². The molecular formula is C22H21ClN4O. The fourth-order valence-electron chi connectivity index (χ4n) is 4.23. The predicted molar refractivity (Wildman–Crippen MR) is 114 cm³/mol. The molecule has 0 spiro atoms. The molecule has 2 heterocycles. The molecule has 0 aliphatic heterocycles. The molecule has 0 atom stereocenters. The number of aromatic amines is 1. The zero-order chi connectivity index (χ0) is 19.1. The number of rotatable bonds is 4. The van der Waals surface area contributed by atoms with Gasteiger partial charge in [-0.05, 0) is 36.6 Å². The molecule has 5 rings (SSSR count). The minimum absolute atomic E-state index is 0.177. The Bertz CT molecular complexity index is 1220. The second-order valence-electron chi connectivity index (χ2n) is 7.49. The van der Waals surface area contributed by atoms with Gasteiger partial charge in [0.2, 0.25) is 0 Å². The molecule has 0 unspecified atom stereocenters. The molecule has 28 heavy (non-hydrogen) atoms. The third kappa shape index (κ3) is 3.06. The van der Waals surface area contributed by atoms with Crippen LogP contribution in [-0.4, -0.2) is 20.6 Å². The van der Waals surface area contributed by atoms with Crippen LogP contribution in [0.15, 0.2) is 53.3 Å². The van der Waals surface area contributed by atoms with E-state index in [4.69, 9.17) is 11.6 Å². The molecule has 1 fully saturated rings. The Morgan fingerprint density at radius 2 is 1.96 bits per heavy atom. The number of hydrogen-bond donors (Lipinski definition) is 2. The maximum atomic E-state index is 12.7. The smallest absolute Gasteiger partial charge is 0.326 e. The summed E-state index contributed by atoms with van der Waals surface area (Å²) >= 11 is 6.34. The van der Waals surface area contributed by atoms with Gasteiger partial charge in [-0.1, -0.05) is 54.8 Å². The third-order valence-corrected chi connectivity index (χ3v) is 5.84. The summed E-state index contributed by atoms with van der Waals surface area (Å²) in [5.74, 6) is 0. The summed E-state index contributed by atoms with van der Waals surface area (Å²) in [5.41, 5.74) is 4.18. The first kappa shape index (κ1) is 17.3. The number of fused-ring (bicyclic) bond motifs is 3. The quantitative estimate of drug-likeness (QED) is 0.484. The van der Waals surface area contributed by atoms with E-state index in [1.807, 2.05) is 30.3 Å². The number of pyridine rings is 1. The predicted octanol–water partition coefficient (Wildman–Crippen LogP) is 4.93. The minimum Gasteiger partial charge on any atom is -0.382 e. The maximum absolute atomic E-state index is 12.7. The molecule has 142 valence electrons. The van der Waals surface area contributed by atoms with Crippen molar-refractivity contribution in [2.45, 2.75) is 38.3 Å². The topological polar surface area (TPSA) is 62.7 Å². The number of nitrogens with one attached hydrogen (secondary N) is 2. The van der Waals surface area contributed by atoms with Crippen molar-refractivity contribution in [1.82, 2.24) is 14.5 Å². The summed E-state index contributed by atoms with van der Waals surface area (Å²) in [7, 11) is 0. The highest BCUT2D eigenvalue weighted by molar-refractivity contribution is 6.35. The number of hydrogen-bond acceptors (Lipinski definition) is 3. The van der Waals surface area contributed by atoms with Gasteiger partial charge in [0.05, 0.1) is 17.6 Å². The lowest BCUT2D eigenvalue weighted by atomic mass is 10.1. The van der Waals surface area contributed by atoms with E-state index >= 15 is 0 Å². The van der Waals surface area contributed by atoms with Crippen molar-refractivity contribution in [3.63, 3.8) is 0 Å². The van der Waals surface area contributed by atoms with E-state index < -0.39 is 0 Å². The number of para-hydroxylation sites is 1. The SMILES string of the molecule is O=c1[nH]c2c(Cl)nc3ccccc3c2n1Cc1cccc(NC2CCCC2)c1. The molecule has 1 saturated carbocycles. The van der Waals surface area contributed by atoms with Crippen LogP contribution in [0.5, 0.6) is 0 Å². The van der Waals surface area contributed by atoms with Gasteiger partial charge in [0.1, 0.15) is 5.52 Å². The van der Waals surface area contributed by atoms with Gasteiger partial charge < -0.3 is 10.3 Å². The molecule has 1 aliphatic carbocycles. The highest BCUT2D eigenvalue weighted by Gasteiger charge is 2.16. The van der Waals surface area contributed by atoms with E-state index in [2.05, 4.69) is 33.5 Å². The standard InChI is InChI=1S/C22H21ClN4O/c23-21-19-20(17-10-3-4-11-18(17)25-21)27(22(28)26-19)13-14-6-5-9-16(12-14)24-15-7-1-2-8-15/h3-6,9-12,15,24H,1-2,7-8,13H2,(H,26,28). The van der Waals surface area contributed by atoms with E-state index in [-0.39, 0.29) is 5.69 Å². The van der Waals surface area contributed by atoms with Gasteiger partial charge in [-0.2, -0.15) is 0 Å². The van der Waals surface area contributed by atoms with Gasteiger partial charge in [0, 0.05) is 17.1 Å². The second kappa shape index (κ2) is 6.99. The van der Waals surface area contributed by atoms with Crippen LogP contribution in [0.4, 0.5) is 5.69 Å². The van der Waals surface area contributed by atoms with Crippen LogP contribution in [0, 0.1) is 0 Å². The summed E-state index contributed by atoms with van der Waals surface area (Å²) in [5, 5.41) is 4.86. The number of benzene rings is 2. The molecule has 0 amide bonds. The van der Waals surface area contributed by atoms with Crippen molar-refractivity contribution in [2.24, 2.45) is 0 Å². The zero-order valence-electron chi connectivity index (χ0n) is 15.4. The summed E-state index contributed by atoms with van der Waals surface area (Å²) in [4.78, 5) is 20.0. The molecule has 2 N–H and O–H groups in total. The Labute approximate surface area is 167 Å². The van der Waals surface area contributed by atoms with Gasteiger partial charge in [-0.25, -0.2) is 9.78 Å². The molecule has 2 aromatic heterocycles. The molecule has 5 nitrogen and oxygen atoms in total. The first-order chi connectivity index (χ1) is 13.7. The van der Waals surface area contributed by atoms with Crippen molar-refractivity contribution < 1.29 is 0 Å². The Hall–Kier alpha value is -2.79. The lowest BCUT2D eigenvalue weighted by Crippen LogP contribution is -2.18. The number of halogens is 1. The van der Waals surface area contributed by atoms with E-state index in [9.17, 15) is 4.79 Å². The van der Waals surface area contributed by atoms with E-state index in [1.165, 1.54) is 25.7 Å². The minimum atomic E-state index is -0.177. The lowest BCUT2D eigenvalue weighted by Gasteiger charge is -2.14. The maximum Gasteiger partial charge on any atom is 0.326 e. The molecular weight excluding hydrogens is 372 g/mol. The first-order valence-corrected chi connectivity index (χ1v) is 10.1. The lowest BCUT2D eigenvalue weighted by molar-refractivity contribution is 0.753. The molecule has 2 aromatic carbocycles. The molecule has 4 aromatic rings. The average molecular weight is 393 g/mol. The molecule has 0 radical (unpaired) electrons. The second-order valence-corrected chi connectivity index (χ2v) is 7.84. The van der Waals surface area contributed by atoms with Crippen LogP contribution in [0.25, 0.3) is 21.9 Å². The molecule has 6 heteroatoms. The van der Waals surface area contributed by atoms with Crippen LogP contribution in [-0.2, 0) is 6.54 Å². The van der Waals surface area contributed by atoms with Gasteiger partial charge in [-0.3, -0.25) is 4.57 Å². The van der Waals surface area contributed by atoms with Crippen molar-refractivity contribution in [2.75, 3.05) is 5.32 Å². The molecule has 0 saturated heterocycles. The van der Waals surface area contributed by atoms with Crippen molar-refractivity contribution in [3.05, 3.63) is 69.7 Å². The number of imidazole rings is 1. The first-order valence-electron chi connectivity index (χ1n) is 9.71. The summed E-state index contributed by atoms with van der Waals surface area (Å²) in [6, 6.07) is 16.6. The van der Waals surface area contributed by atoms with Gasteiger partial charge in [0.25, 0.3) is 0 Å². The van der Waals surface area contributed by atoms with Gasteiger partial charge >= 0.3 is 5.69 Å². The van der Waals surface area contributed by atoms with E-state index in [0.717, 1.165) is 27.7 Å². The summed E-state index contributed by atoms with van der Waals surface area (Å²) < 4.78 is 1.75. The van der Waals surface area contributed by atoms with E-state index in [0.29, 0.717) is 23.3 Å². The highest BCUT2D eigenvalue weighted by Crippen LogP contribution is 2.28. The van der Waals surface area contributed by atoms with Crippen LogP contribution < -0.4 is 11.0 Å². The fraction of sp³-hybridized carbons (Fsp3) is 0.273. The summed E-state index contributed by atoms with van der Waals surface area (Å²) in [6.45, 7) is 0.476. The molecule has 1 aliphatic rings. The van der Waals surface area contributed by atoms with Crippen molar-refractivity contribution in [1.29, 1.82) is 0 Å². The van der Waals surface area contributed by atoms with Crippen molar-refractivity contribution in [3.8, 4) is 0 Å². The average Bonchev–Trinajstić information content (AvgIpc) is 3.31. The van der Waals surface area contributed by atoms with Crippen LogP contribution in [0.2, 0.25) is 5.15 Å². The highest BCUT2D eigenvalue weighted by atomic mass is 35.5. The largest absolute Gasteiger partial charge is 0.382 e. The third-order valence-electron chi connectivity index (χ3n) is 5.56. The summed E-state index contributed by atoms with van der Waals surface area (Å²) in [6.07, 6.45) is 5.04. The Kier molecular flexibility index (Phi) is 4.32. The number of nitrogens with zero attached hydrogens (tertiary/aromatic N) is 2. The number of aromatic nitrogens is 3. The van der Waals surface area contributed by atoms with Crippen molar-refractivity contribution >= 4 is 39.2 Å². The Balaban J connectivity index is 1.57. The zero-order valence-corrected chi connectivity index (χ0v) is 16.2. The Morgan fingerprint density at radius 3 is 2.82 bits per heavy atom. The fourth-order valence-corrected chi connectivity index (χ4v) is 4.46. The van der Waals surface area contributed by atoms with Gasteiger partial charge in [0.15, 0.2) is 5.15 Å². The van der Waals surface area contributed by atoms with E-state index in [1.54, 1.807) is 4.57 Å². The number of H-pyrrole nitrogens is 1. The van der Waals surface area contributed by atoms with Gasteiger partial charge in [-0.15, -0.1) is 0 Å². The van der Waals surface area contributed by atoms with Crippen LogP contribution >= 0.6 is 11.6 Å². The normalized spacial score (nSPS) is 14.9. The molecule has 0 bridgehead atoms. The number of anilines is 1. The Morgan fingerprint density at radius 1 is 1.14 bits per heavy atom.